The van der Waals surface area contributed by atoms with Crippen LogP contribution in [-0.4, -0.2) is 27.7 Å². The van der Waals surface area contributed by atoms with Gasteiger partial charge in [0.2, 0.25) is 0 Å². The van der Waals surface area contributed by atoms with Gasteiger partial charge in [-0.2, -0.15) is 18.3 Å². The molecule has 1 saturated heterocycles. The van der Waals surface area contributed by atoms with E-state index in [1.54, 1.807) is 12.1 Å². The van der Waals surface area contributed by atoms with E-state index < -0.39 is 35.1 Å². The van der Waals surface area contributed by atoms with E-state index in [0.717, 1.165) is 46.3 Å². The number of halogens is 5. The second-order valence-corrected chi connectivity index (χ2v) is 12.2. The first kappa shape index (κ1) is 28.5. The number of alkyl halides is 5. The molecular weight excluding hydrogens is 573 g/mol. The maximum atomic E-state index is 14.7. The largest absolute Gasteiger partial charge is 0.416 e. The number of ether oxygens (including phenoxy) is 1. The molecule has 2 aromatic heterocycles. The minimum atomic E-state index is -4.47. The molecule has 226 valence electrons. The molecule has 2 N–H and O–H groups in total. The summed E-state index contributed by atoms with van der Waals surface area (Å²) in [4.78, 5) is 3.53. The highest BCUT2D eigenvalue weighted by atomic mass is 19.4. The van der Waals surface area contributed by atoms with Crippen molar-refractivity contribution in [3.8, 4) is 11.1 Å². The molecule has 0 saturated carbocycles. The number of aromatic nitrogens is 3. The number of nitrogens with one attached hydrogen (secondary N) is 2. The van der Waals surface area contributed by atoms with E-state index >= 15 is 0 Å². The molecule has 4 nitrogen and oxygen atoms in total. The van der Waals surface area contributed by atoms with Gasteiger partial charge >= 0.3 is 6.18 Å². The van der Waals surface area contributed by atoms with E-state index in [9.17, 15) is 22.0 Å². The average molecular weight is 604 g/mol. The zero-order chi connectivity index (χ0) is 30.9. The van der Waals surface area contributed by atoms with Crippen LogP contribution in [0.3, 0.4) is 0 Å². The maximum Gasteiger partial charge on any atom is 0.416 e. The summed E-state index contributed by atoms with van der Waals surface area (Å²) in [5.74, 6) is -3.69. The second kappa shape index (κ2) is 10.2. The Kier molecular flexibility index (Phi) is 6.59. The van der Waals surface area contributed by atoms with Crippen LogP contribution in [0.1, 0.15) is 72.5 Å². The van der Waals surface area contributed by atoms with Crippen LogP contribution >= 0.6 is 0 Å². The molecular formula is C35H30F5N3O. The van der Waals surface area contributed by atoms with Crippen LogP contribution in [0.15, 0.2) is 84.4 Å². The number of allylic oxidation sites excluding steroid dienone is 1. The topological polar surface area (TPSA) is 53.7 Å². The lowest BCUT2D eigenvalue weighted by Gasteiger charge is -2.38. The highest BCUT2D eigenvalue weighted by Gasteiger charge is 2.42. The van der Waals surface area contributed by atoms with Gasteiger partial charge in [0.05, 0.1) is 17.2 Å². The van der Waals surface area contributed by atoms with Gasteiger partial charge < -0.3 is 9.72 Å². The van der Waals surface area contributed by atoms with Gasteiger partial charge in [-0.05, 0) is 59.9 Å². The molecule has 3 heterocycles. The lowest BCUT2D eigenvalue weighted by atomic mass is 9.74. The first-order valence-corrected chi connectivity index (χ1v) is 14.6. The van der Waals surface area contributed by atoms with Crippen LogP contribution in [-0.2, 0) is 16.3 Å². The van der Waals surface area contributed by atoms with Gasteiger partial charge in [-0.25, -0.2) is 8.78 Å². The fraction of sp³-hybridized carbons (Fsp3) is 0.286. The highest BCUT2D eigenvalue weighted by Crippen LogP contribution is 2.50. The van der Waals surface area contributed by atoms with Gasteiger partial charge in [0.1, 0.15) is 6.10 Å². The van der Waals surface area contributed by atoms with Crippen molar-refractivity contribution in [1.82, 2.24) is 15.2 Å². The molecule has 0 spiro atoms. The molecule has 3 aromatic carbocycles. The fourth-order valence-corrected chi connectivity index (χ4v) is 6.86. The van der Waals surface area contributed by atoms with Gasteiger partial charge in [-0.3, -0.25) is 5.10 Å². The molecule has 0 bridgehead atoms. The van der Waals surface area contributed by atoms with Crippen molar-refractivity contribution in [1.29, 1.82) is 0 Å². The predicted molar refractivity (Wildman–Crippen MR) is 159 cm³/mol. The summed E-state index contributed by atoms with van der Waals surface area (Å²) in [6.45, 7) is 3.39. The van der Waals surface area contributed by atoms with E-state index in [1.165, 1.54) is 12.1 Å². The average Bonchev–Trinajstić information content (AvgIpc) is 3.72. The normalized spacial score (nSPS) is 22.3. The molecule has 1 fully saturated rings. The maximum absolute atomic E-state index is 14.7. The van der Waals surface area contributed by atoms with E-state index in [0.29, 0.717) is 36.4 Å². The third-order valence-electron chi connectivity index (χ3n) is 9.09. The lowest BCUT2D eigenvalue weighted by Crippen LogP contribution is -2.33. The summed E-state index contributed by atoms with van der Waals surface area (Å²) in [7, 11) is 0. The standard InChI is InChI=1S/C35H30F5N3O/c1-33(32-30(24-12-5-6-13-26(24)41-32)21-9-7-10-22(16-21)35(38,39)40)14-15-44-29(19-33)27-18-28(43-42-27)31-23-11-4-3-8-20(23)17-25(31)34(2,36)37/h3-13,16-18,29,31,41H,14-15,19H2,1-2H3,(H,42,43). The molecule has 1 aliphatic heterocycles. The molecule has 9 heteroatoms. The van der Waals surface area contributed by atoms with Gasteiger partial charge in [0.25, 0.3) is 5.92 Å². The van der Waals surface area contributed by atoms with Crippen molar-refractivity contribution in [2.24, 2.45) is 0 Å². The number of aromatic amines is 2. The molecule has 0 amide bonds. The minimum Gasteiger partial charge on any atom is -0.372 e. The number of para-hydroxylation sites is 1. The molecule has 1 aliphatic carbocycles. The Hall–Kier alpha value is -4.24. The smallest absolute Gasteiger partial charge is 0.372 e. The minimum absolute atomic E-state index is 0.00658. The highest BCUT2D eigenvalue weighted by molar-refractivity contribution is 5.98. The number of hydrogen-bond acceptors (Lipinski definition) is 2. The molecule has 5 aromatic rings. The quantitative estimate of drug-likeness (QED) is 0.197. The summed E-state index contributed by atoms with van der Waals surface area (Å²) in [6.07, 6.45) is -2.25. The summed E-state index contributed by atoms with van der Waals surface area (Å²) in [5.41, 5.74) is 4.39. The van der Waals surface area contributed by atoms with Crippen molar-refractivity contribution in [3.63, 3.8) is 0 Å². The van der Waals surface area contributed by atoms with Crippen molar-refractivity contribution >= 4 is 17.0 Å². The van der Waals surface area contributed by atoms with Gasteiger partial charge in [0, 0.05) is 52.4 Å². The van der Waals surface area contributed by atoms with Crippen molar-refractivity contribution < 1.29 is 26.7 Å². The van der Waals surface area contributed by atoms with Crippen molar-refractivity contribution in [3.05, 3.63) is 118 Å². The Labute approximate surface area is 251 Å². The third kappa shape index (κ3) is 4.83. The molecule has 44 heavy (non-hydrogen) atoms. The third-order valence-corrected chi connectivity index (χ3v) is 9.09. The molecule has 7 rings (SSSR count). The summed E-state index contributed by atoms with van der Waals surface area (Å²) in [6, 6.07) is 22.2. The van der Waals surface area contributed by atoms with Crippen LogP contribution in [0.5, 0.6) is 0 Å². The van der Waals surface area contributed by atoms with E-state index in [2.05, 4.69) is 22.1 Å². The molecule has 0 radical (unpaired) electrons. The van der Waals surface area contributed by atoms with Gasteiger partial charge in [-0.1, -0.05) is 61.5 Å². The van der Waals surface area contributed by atoms with Crippen LogP contribution in [0.25, 0.3) is 28.1 Å². The fourth-order valence-electron chi connectivity index (χ4n) is 6.86. The number of H-pyrrole nitrogens is 2. The summed E-state index contributed by atoms with van der Waals surface area (Å²) in [5, 5.41) is 8.39. The Balaban J connectivity index is 1.26. The first-order chi connectivity index (χ1) is 20.9. The monoisotopic (exact) mass is 603 g/mol. The number of benzene rings is 3. The lowest BCUT2D eigenvalue weighted by molar-refractivity contribution is -0.137. The number of rotatable bonds is 5. The van der Waals surface area contributed by atoms with Crippen LogP contribution < -0.4 is 0 Å². The van der Waals surface area contributed by atoms with Crippen LogP contribution in [0, 0.1) is 0 Å². The Bertz CT molecular complexity index is 1900. The predicted octanol–water partition coefficient (Wildman–Crippen LogP) is 9.57. The van der Waals surface area contributed by atoms with Crippen molar-refractivity contribution in [2.75, 3.05) is 6.61 Å². The van der Waals surface area contributed by atoms with E-state index in [1.807, 2.05) is 54.6 Å². The Morgan fingerprint density at radius 3 is 2.50 bits per heavy atom. The zero-order valence-corrected chi connectivity index (χ0v) is 24.1. The number of hydrogen-bond donors (Lipinski definition) is 2. The molecule has 3 unspecified atom stereocenters. The van der Waals surface area contributed by atoms with Gasteiger partial charge in [-0.15, -0.1) is 0 Å². The Morgan fingerprint density at radius 2 is 1.70 bits per heavy atom. The van der Waals surface area contributed by atoms with Gasteiger partial charge in [0.15, 0.2) is 0 Å². The van der Waals surface area contributed by atoms with E-state index in [-0.39, 0.29) is 5.57 Å². The Morgan fingerprint density at radius 1 is 0.932 bits per heavy atom. The molecule has 2 aliphatic rings. The second-order valence-electron chi connectivity index (χ2n) is 12.2. The first-order valence-electron chi connectivity index (χ1n) is 14.6. The summed E-state index contributed by atoms with van der Waals surface area (Å²) < 4.78 is 76.8. The van der Waals surface area contributed by atoms with Crippen LogP contribution in [0.4, 0.5) is 22.0 Å². The number of fused-ring (bicyclic) bond motifs is 2. The summed E-state index contributed by atoms with van der Waals surface area (Å²) >= 11 is 0. The molecule has 3 atom stereocenters. The van der Waals surface area contributed by atoms with Crippen LogP contribution in [0.2, 0.25) is 0 Å². The van der Waals surface area contributed by atoms with E-state index in [4.69, 9.17) is 4.74 Å². The SMILES string of the molecule is CC(F)(F)C1=Cc2ccccc2C1c1cc(C2CC(C)(c3[nH]c4ccccc4c3-c3cccc(C(F)(F)F)c3)CCO2)n[nH]1. The number of nitrogens with zero attached hydrogens (tertiary/aromatic N) is 1. The van der Waals surface area contributed by atoms with Crippen molar-refractivity contribution in [2.45, 2.75) is 56.2 Å². The zero-order valence-electron chi connectivity index (χ0n) is 24.1.